The summed E-state index contributed by atoms with van der Waals surface area (Å²) in [5.41, 5.74) is 1.91. The molecule has 4 rings (SSSR count). The van der Waals surface area contributed by atoms with Crippen molar-refractivity contribution in [2.75, 3.05) is 69.8 Å². The first-order valence-corrected chi connectivity index (χ1v) is 10.5. The predicted octanol–water partition coefficient (Wildman–Crippen LogP) is 2.29. The van der Waals surface area contributed by atoms with Gasteiger partial charge in [-0.15, -0.1) is 0 Å². The molecule has 0 radical (unpaired) electrons. The zero-order valence-electron chi connectivity index (χ0n) is 18.0. The summed E-state index contributed by atoms with van der Waals surface area (Å²) < 4.78 is 10.6. The highest BCUT2D eigenvalue weighted by molar-refractivity contribution is 5.96. The molecule has 164 valence electrons. The number of carbonyl (C=O) groups is 2. The van der Waals surface area contributed by atoms with Gasteiger partial charge in [0.05, 0.1) is 14.2 Å². The van der Waals surface area contributed by atoms with E-state index >= 15 is 0 Å². The zero-order chi connectivity index (χ0) is 21.8. The second-order valence-corrected chi connectivity index (χ2v) is 7.60. The van der Waals surface area contributed by atoms with E-state index in [4.69, 9.17) is 9.47 Å². The summed E-state index contributed by atoms with van der Waals surface area (Å²) in [6.07, 6.45) is 0. The van der Waals surface area contributed by atoms with Crippen molar-refractivity contribution in [3.05, 3.63) is 48.5 Å². The Hall–Kier alpha value is -3.42. The third-order valence-corrected chi connectivity index (χ3v) is 5.85. The average molecular weight is 425 g/mol. The minimum Gasteiger partial charge on any atom is -0.493 e. The predicted molar refractivity (Wildman–Crippen MR) is 119 cm³/mol. The molecule has 2 aliphatic rings. The first-order valence-electron chi connectivity index (χ1n) is 10.5. The van der Waals surface area contributed by atoms with E-state index in [1.165, 1.54) is 5.69 Å². The maximum Gasteiger partial charge on any atom is 0.325 e. The number of ether oxygens (including phenoxy) is 2. The fourth-order valence-corrected chi connectivity index (χ4v) is 4.08. The molecule has 31 heavy (non-hydrogen) atoms. The quantitative estimate of drug-likeness (QED) is 0.712. The number of anilines is 2. The lowest BCUT2D eigenvalue weighted by Crippen LogP contribution is -2.51. The van der Waals surface area contributed by atoms with Gasteiger partial charge in [-0.3, -0.25) is 9.69 Å². The first kappa shape index (κ1) is 20.8. The van der Waals surface area contributed by atoms with Crippen LogP contribution < -0.4 is 19.3 Å². The van der Waals surface area contributed by atoms with Gasteiger partial charge in [0, 0.05) is 56.7 Å². The Bertz CT molecular complexity index is 928. The Morgan fingerprint density at radius 2 is 1.55 bits per heavy atom. The SMILES string of the molecule is COc1ccc(N2CCN(CC(=O)N3CCN(c4ccccc4)CC3)C2=O)cc1OC. The summed E-state index contributed by atoms with van der Waals surface area (Å²) >= 11 is 0. The Kier molecular flexibility index (Phi) is 6.16. The number of benzene rings is 2. The smallest absolute Gasteiger partial charge is 0.325 e. The molecule has 0 spiro atoms. The molecule has 2 aliphatic heterocycles. The maximum absolute atomic E-state index is 12.9. The molecule has 2 fully saturated rings. The number of amides is 3. The highest BCUT2D eigenvalue weighted by Crippen LogP contribution is 2.32. The summed E-state index contributed by atoms with van der Waals surface area (Å²) in [5, 5.41) is 0. The van der Waals surface area contributed by atoms with E-state index in [9.17, 15) is 9.59 Å². The molecule has 0 unspecified atom stereocenters. The van der Waals surface area contributed by atoms with E-state index in [0.29, 0.717) is 37.7 Å². The van der Waals surface area contributed by atoms with Gasteiger partial charge in [-0.1, -0.05) is 18.2 Å². The molecular formula is C23H28N4O4. The van der Waals surface area contributed by atoms with Gasteiger partial charge in [-0.2, -0.15) is 0 Å². The van der Waals surface area contributed by atoms with E-state index in [-0.39, 0.29) is 18.5 Å². The lowest BCUT2D eigenvalue weighted by atomic mass is 10.2. The third kappa shape index (κ3) is 4.38. The van der Waals surface area contributed by atoms with Gasteiger partial charge >= 0.3 is 6.03 Å². The van der Waals surface area contributed by atoms with Crippen LogP contribution >= 0.6 is 0 Å². The van der Waals surface area contributed by atoms with Crippen molar-refractivity contribution in [1.82, 2.24) is 9.80 Å². The molecule has 2 aromatic carbocycles. The molecule has 0 atom stereocenters. The van der Waals surface area contributed by atoms with Crippen LogP contribution in [0, 0.1) is 0 Å². The number of hydrogen-bond donors (Lipinski definition) is 0. The Labute approximate surface area is 182 Å². The highest BCUT2D eigenvalue weighted by Gasteiger charge is 2.33. The summed E-state index contributed by atoms with van der Waals surface area (Å²) in [5.74, 6) is 1.17. The van der Waals surface area contributed by atoms with Gasteiger partial charge in [-0.25, -0.2) is 4.79 Å². The lowest BCUT2D eigenvalue weighted by Gasteiger charge is -2.36. The molecule has 0 aliphatic carbocycles. The fourth-order valence-electron chi connectivity index (χ4n) is 4.08. The number of rotatable bonds is 6. The molecule has 3 amide bonds. The van der Waals surface area contributed by atoms with Gasteiger partial charge in [-0.05, 0) is 24.3 Å². The minimum absolute atomic E-state index is 0.00442. The molecule has 0 N–H and O–H groups in total. The molecule has 8 heteroatoms. The maximum atomic E-state index is 12.9. The first-order chi connectivity index (χ1) is 15.1. The zero-order valence-corrected chi connectivity index (χ0v) is 18.0. The Morgan fingerprint density at radius 1 is 0.839 bits per heavy atom. The van der Waals surface area contributed by atoms with E-state index < -0.39 is 0 Å². The second-order valence-electron chi connectivity index (χ2n) is 7.60. The normalized spacial score (nSPS) is 16.6. The fraction of sp³-hybridized carbons (Fsp3) is 0.391. The van der Waals surface area contributed by atoms with E-state index in [1.807, 2.05) is 29.2 Å². The van der Waals surface area contributed by atoms with Crippen LogP contribution in [0.3, 0.4) is 0 Å². The molecule has 0 bridgehead atoms. The largest absolute Gasteiger partial charge is 0.493 e. The van der Waals surface area contributed by atoms with Crippen molar-refractivity contribution in [3.8, 4) is 11.5 Å². The summed E-state index contributed by atoms with van der Waals surface area (Å²) in [6, 6.07) is 15.4. The molecule has 0 saturated carbocycles. The van der Waals surface area contributed by atoms with Gasteiger partial charge in [0.2, 0.25) is 5.91 Å². The molecule has 2 aromatic rings. The lowest BCUT2D eigenvalue weighted by molar-refractivity contribution is -0.131. The topological polar surface area (TPSA) is 65.6 Å². The Morgan fingerprint density at radius 3 is 2.23 bits per heavy atom. The number of para-hydroxylation sites is 1. The van der Waals surface area contributed by atoms with Crippen molar-refractivity contribution < 1.29 is 19.1 Å². The van der Waals surface area contributed by atoms with Gasteiger partial charge in [0.15, 0.2) is 11.5 Å². The third-order valence-electron chi connectivity index (χ3n) is 5.85. The average Bonchev–Trinajstić information content (AvgIpc) is 3.19. The van der Waals surface area contributed by atoms with Crippen LogP contribution in [0.15, 0.2) is 48.5 Å². The number of nitrogens with zero attached hydrogens (tertiary/aromatic N) is 4. The van der Waals surface area contributed by atoms with Gasteiger partial charge in [0.25, 0.3) is 0 Å². The van der Waals surface area contributed by atoms with Gasteiger partial charge < -0.3 is 24.2 Å². The van der Waals surface area contributed by atoms with Crippen molar-refractivity contribution in [3.63, 3.8) is 0 Å². The molecule has 2 heterocycles. The van der Waals surface area contributed by atoms with Crippen molar-refractivity contribution in [2.24, 2.45) is 0 Å². The monoisotopic (exact) mass is 424 g/mol. The minimum atomic E-state index is -0.163. The summed E-state index contributed by atoms with van der Waals surface area (Å²) in [4.78, 5) is 33.2. The van der Waals surface area contributed by atoms with Crippen molar-refractivity contribution in [2.45, 2.75) is 0 Å². The van der Waals surface area contributed by atoms with Crippen LogP contribution in [-0.2, 0) is 4.79 Å². The summed E-state index contributed by atoms with van der Waals surface area (Å²) in [7, 11) is 3.14. The van der Waals surface area contributed by atoms with E-state index in [0.717, 1.165) is 18.8 Å². The number of urea groups is 1. The highest BCUT2D eigenvalue weighted by atomic mass is 16.5. The van der Waals surface area contributed by atoms with E-state index in [2.05, 4.69) is 17.0 Å². The molecular weight excluding hydrogens is 396 g/mol. The standard InChI is InChI=1S/C23H28N4O4/c1-30-20-9-8-19(16-21(20)31-2)27-15-14-26(23(27)29)17-22(28)25-12-10-24(11-13-25)18-6-4-3-5-7-18/h3-9,16H,10-15,17H2,1-2H3. The number of methoxy groups -OCH3 is 2. The van der Waals surface area contributed by atoms with Crippen LogP contribution in [0.1, 0.15) is 0 Å². The molecule has 8 nitrogen and oxygen atoms in total. The second kappa shape index (κ2) is 9.16. The Balaban J connectivity index is 1.33. The van der Waals surface area contributed by atoms with Crippen molar-refractivity contribution >= 4 is 23.3 Å². The van der Waals surface area contributed by atoms with Crippen LogP contribution in [0.4, 0.5) is 16.2 Å². The summed E-state index contributed by atoms with van der Waals surface area (Å²) in [6.45, 7) is 4.06. The number of piperazine rings is 1. The number of carbonyl (C=O) groups excluding carboxylic acids is 2. The van der Waals surface area contributed by atoms with Crippen LogP contribution in [0.25, 0.3) is 0 Å². The van der Waals surface area contributed by atoms with Crippen LogP contribution in [-0.4, -0.2) is 81.8 Å². The molecule has 2 saturated heterocycles. The number of hydrogen-bond acceptors (Lipinski definition) is 5. The van der Waals surface area contributed by atoms with Gasteiger partial charge in [0.1, 0.15) is 6.54 Å². The van der Waals surface area contributed by atoms with Crippen molar-refractivity contribution in [1.29, 1.82) is 0 Å². The molecule has 0 aromatic heterocycles. The van der Waals surface area contributed by atoms with E-state index in [1.54, 1.807) is 36.2 Å². The van der Waals surface area contributed by atoms with Crippen LogP contribution in [0.2, 0.25) is 0 Å². The van der Waals surface area contributed by atoms with Crippen LogP contribution in [0.5, 0.6) is 11.5 Å².